The van der Waals surface area contributed by atoms with Crippen LogP contribution in [0.15, 0.2) is 48.8 Å². The molecular formula is C24H29F2N3O2. The summed E-state index contributed by atoms with van der Waals surface area (Å²) in [6.07, 6.45) is 4.91. The Morgan fingerprint density at radius 1 is 1.23 bits per heavy atom. The number of ether oxygens (including phenoxy) is 2. The van der Waals surface area contributed by atoms with Gasteiger partial charge in [0, 0.05) is 19.4 Å². The molecule has 0 N–H and O–H groups in total. The Morgan fingerprint density at radius 2 is 1.90 bits per heavy atom. The minimum atomic E-state index is -2.57. The standard InChI is InChI=1S/C24H29F2N3O2/c1-16(2)10-17(3)18-4-6-20(7-5-18)31-21-8-9-29(14-21)23-27-12-22(13-28-23)30-15-19-11-24(19,25)26/h4-7,12-13,17,19,21H,1,8-11,14-15H2,2-3H3/t17-,19?,21-/m1/s1. The predicted octanol–water partition coefficient (Wildman–Crippen LogP) is 5.24. The number of nitrogens with zero attached hydrogens (tertiary/aromatic N) is 3. The van der Waals surface area contributed by atoms with Crippen LogP contribution >= 0.6 is 0 Å². The Hall–Kier alpha value is -2.70. The van der Waals surface area contributed by atoms with E-state index in [2.05, 4.69) is 47.4 Å². The molecule has 5 nitrogen and oxygen atoms in total. The van der Waals surface area contributed by atoms with Crippen molar-refractivity contribution < 1.29 is 18.3 Å². The lowest BCUT2D eigenvalue weighted by molar-refractivity contribution is 0.0855. The molecule has 0 spiro atoms. The van der Waals surface area contributed by atoms with E-state index < -0.39 is 11.8 Å². The Morgan fingerprint density at radius 3 is 2.52 bits per heavy atom. The second-order valence-electron chi connectivity index (χ2n) is 8.80. The first-order valence-electron chi connectivity index (χ1n) is 10.8. The van der Waals surface area contributed by atoms with Crippen LogP contribution in [-0.2, 0) is 0 Å². The van der Waals surface area contributed by atoms with E-state index in [1.165, 1.54) is 11.1 Å². The summed E-state index contributed by atoms with van der Waals surface area (Å²) in [6, 6.07) is 8.29. The van der Waals surface area contributed by atoms with Gasteiger partial charge in [0.25, 0.3) is 5.92 Å². The number of hydrogen-bond donors (Lipinski definition) is 0. The molecule has 1 aromatic carbocycles. The first-order valence-corrected chi connectivity index (χ1v) is 10.8. The molecule has 0 bridgehead atoms. The zero-order chi connectivity index (χ0) is 22.0. The fraction of sp³-hybridized carbons (Fsp3) is 0.500. The summed E-state index contributed by atoms with van der Waals surface area (Å²) in [5.41, 5.74) is 2.47. The van der Waals surface area contributed by atoms with Gasteiger partial charge in [-0.1, -0.05) is 24.6 Å². The van der Waals surface area contributed by atoms with E-state index in [0.717, 1.165) is 25.1 Å². The molecule has 0 radical (unpaired) electrons. The van der Waals surface area contributed by atoms with Gasteiger partial charge in [0.2, 0.25) is 5.95 Å². The van der Waals surface area contributed by atoms with E-state index in [4.69, 9.17) is 9.47 Å². The molecular weight excluding hydrogens is 400 g/mol. The molecule has 1 unspecified atom stereocenters. The third kappa shape index (κ3) is 5.51. The number of aromatic nitrogens is 2. The van der Waals surface area contributed by atoms with Crippen molar-refractivity contribution in [2.24, 2.45) is 5.92 Å². The number of alkyl halides is 2. The molecule has 3 atom stereocenters. The van der Waals surface area contributed by atoms with Crippen molar-refractivity contribution in [1.82, 2.24) is 9.97 Å². The quantitative estimate of drug-likeness (QED) is 0.510. The molecule has 0 amide bonds. The van der Waals surface area contributed by atoms with Crippen LogP contribution < -0.4 is 14.4 Å². The average molecular weight is 430 g/mol. The highest BCUT2D eigenvalue weighted by atomic mass is 19.3. The number of rotatable bonds is 9. The van der Waals surface area contributed by atoms with Gasteiger partial charge in [-0.25, -0.2) is 18.7 Å². The Labute approximate surface area is 182 Å². The van der Waals surface area contributed by atoms with Crippen LogP contribution in [0.1, 0.15) is 44.6 Å². The highest BCUT2D eigenvalue weighted by Gasteiger charge is 2.57. The summed E-state index contributed by atoms with van der Waals surface area (Å²) in [7, 11) is 0. The fourth-order valence-electron chi connectivity index (χ4n) is 3.91. The number of hydrogen-bond acceptors (Lipinski definition) is 5. The molecule has 1 aliphatic carbocycles. The van der Waals surface area contributed by atoms with Crippen molar-refractivity contribution in [2.45, 2.75) is 51.1 Å². The van der Waals surface area contributed by atoms with Crippen LogP contribution in [0.5, 0.6) is 11.5 Å². The monoisotopic (exact) mass is 429 g/mol. The lowest BCUT2D eigenvalue weighted by Crippen LogP contribution is -2.26. The van der Waals surface area contributed by atoms with Crippen molar-refractivity contribution in [3.05, 3.63) is 54.4 Å². The maximum absolute atomic E-state index is 12.9. The Balaban J connectivity index is 1.26. The topological polar surface area (TPSA) is 47.5 Å². The highest BCUT2D eigenvalue weighted by molar-refractivity contribution is 5.34. The first-order chi connectivity index (χ1) is 14.8. The van der Waals surface area contributed by atoms with Crippen LogP contribution in [0.25, 0.3) is 0 Å². The molecule has 4 rings (SSSR count). The maximum Gasteiger partial charge on any atom is 0.255 e. The largest absolute Gasteiger partial charge is 0.490 e. The SMILES string of the molecule is C=C(C)C[C@@H](C)c1ccc(O[C@@H]2CCN(c3ncc(OCC4CC4(F)F)cn3)C2)cc1. The molecule has 1 aliphatic heterocycles. The summed E-state index contributed by atoms with van der Waals surface area (Å²) < 4.78 is 37.4. The minimum absolute atomic E-state index is 0.0000985. The van der Waals surface area contributed by atoms with Crippen LogP contribution in [-0.4, -0.2) is 41.7 Å². The number of benzene rings is 1. The second kappa shape index (κ2) is 8.81. The first kappa shape index (κ1) is 21.5. The normalized spacial score (nSPS) is 22.8. The van der Waals surface area contributed by atoms with Gasteiger partial charge in [0.05, 0.1) is 31.5 Å². The van der Waals surface area contributed by atoms with Gasteiger partial charge in [-0.3, -0.25) is 0 Å². The third-order valence-electron chi connectivity index (χ3n) is 5.86. The smallest absolute Gasteiger partial charge is 0.255 e. The molecule has 1 saturated carbocycles. The van der Waals surface area contributed by atoms with E-state index in [9.17, 15) is 8.78 Å². The van der Waals surface area contributed by atoms with Gasteiger partial charge >= 0.3 is 0 Å². The van der Waals surface area contributed by atoms with Gasteiger partial charge in [-0.15, -0.1) is 6.58 Å². The van der Waals surface area contributed by atoms with Crippen molar-refractivity contribution >= 4 is 5.95 Å². The molecule has 2 aromatic rings. The fourth-order valence-corrected chi connectivity index (χ4v) is 3.91. The van der Waals surface area contributed by atoms with Crippen molar-refractivity contribution in [2.75, 3.05) is 24.6 Å². The minimum Gasteiger partial charge on any atom is -0.490 e. The van der Waals surface area contributed by atoms with Crippen molar-refractivity contribution in [3.63, 3.8) is 0 Å². The van der Waals surface area contributed by atoms with Crippen LogP contribution in [0.4, 0.5) is 14.7 Å². The lowest BCUT2D eigenvalue weighted by Gasteiger charge is -2.18. The molecule has 2 heterocycles. The maximum atomic E-state index is 12.9. The van der Waals surface area contributed by atoms with Gasteiger partial charge < -0.3 is 14.4 Å². The second-order valence-corrected chi connectivity index (χ2v) is 8.80. The Bertz CT molecular complexity index is 902. The molecule has 166 valence electrons. The van der Waals surface area contributed by atoms with Gasteiger partial charge in [-0.2, -0.15) is 0 Å². The average Bonchev–Trinajstić information content (AvgIpc) is 3.11. The van der Waals surface area contributed by atoms with Crippen LogP contribution in [0, 0.1) is 5.92 Å². The number of anilines is 1. The predicted molar refractivity (Wildman–Crippen MR) is 116 cm³/mol. The van der Waals surface area contributed by atoms with E-state index in [1.54, 1.807) is 12.4 Å². The van der Waals surface area contributed by atoms with Gasteiger partial charge in [0.15, 0.2) is 5.75 Å². The molecule has 2 aliphatic rings. The summed E-state index contributed by atoms with van der Waals surface area (Å²) >= 11 is 0. The van der Waals surface area contributed by atoms with E-state index in [1.807, 2.05) is 12.1 Å². The summed E-state index contributed by atoms with van der Waals surface area (Å²) in [5, 5.41) is 0. The van der Waals surface area contributed by atoms with E-state index >= 15 is 0 Å². The molecule has 2 fully saturated rings. The summed E-state index contributed by atoms with van der Waals surface area (Å²) in [6.45, 7) is 9.75. The molecule has 1 aromatic heterocycles. The van der Waals surface area contributed by atoms with E-state index in [-0.39, 0.29) is 19.1 Å². The molecule has 7 heteroatoms. The molecule has 1 saturated heterocycles. The van der Waals surface area contributed by atoms with Gasteiger partial charge in [-0.05, 0) is 37.0 Å². The number of halogens is 2. The third-order valence-corrected chi connectivity index (χ3v) is 5.86. The Kier molecular flexibility index (Phi) is 6.12. The van der Waals surface area contributed by atoms with Crippen LogP contribution in [0.2, 0.25) is 0 Å². The number of allylic oxidation sites excluding steroid dienone is 1. The van der Waals surface area contributed by atoms with Gasteiger partial charge in [0.1, 0.15) is 11.9 Å². The van der Waals surface area contributed by atoms with Crippen molar-refractivity contribution in [3.8, 4) is 11.5 Å². The lowest BCUT2D eigenvalue weighted by atomic mass is 9.95. The van der Waals surface area contributed by atoms with Crippen LogP contribution in [0.3, 0.4) is 0 Å². The summed E-state index contributed by atoms with van der Waals surface area (Å²) in [4.78, 5) is 10.7. The zero-order valence-corrected chi connectivity index (χ0v) is 18.1. The van der Waals surface area contributed by atoms with E-state index in [0.29, 0.717) is 24.2 Å². The summed E-state index contributed by atoms with van der Waals surface area (Å²) in [5.74, 6) is -0.946. The highest BCUT2D eigenvalue weighted by Crippen LogP contribution is 2.48. The molecule has 31 heavy (non-hydrogen) atoms. The van der Waals surface area contributed by atoms with Crippen molar-refractivity contribution in [1.29, 1.82) is 0 Å². The zero-order valence-electron chi connectivity index (χ0n) is 18.1.